The van der Waals surface area contributed by atoms with Gasteiger partial charge in [-0.2, -0.15) is 0 Å². The van der Waals surface area contributed by atoms with E-state index in [-0.39, 0.29) is 0 Å². The van der Waals surface area contributed by atoms with Crippen molar-refractivity contribution in [3.8, 4) is 0 Å². The molecule has 0 radical (unpaired) electrons. The monoisotopic (exact) mass is 314 g/mol. The lowest BCUT2D eigenvalue weighted by molar-refractivity contribution is 0.0888. The predicted molar refractivity (Wildman–Crippen MR) is 99.8 cm³/mol. The van der Waals surface area contributed by atoms with Crippen molar-refractivity contribution in [1.82, 2.24) is 19.6 Å². The molecule has 134 valence electrons. The molecule has 22 heavy (non-hydrogen) atoms. The van der Waals surface area contributed by atoms with Crippen molar-refractivity contribution in [3.05, 3.63) is 0 Å². The first-order chi connectivity index (χ1) is 10.4. The van der Waals surface area contributed by atoms with Gasteiger partial charge in [-0.1, -0.05) is 27.7 Å². The van der Waals surface area contributed by atoms with E-state index in [4.69, 9.17) is 0 Å². The van der Waals surface area contributed by atoms with Gasteiger partial charge >= 0.3 is 0 Å². The van der Waals surface area contributed by atoms with Gasteiger partial charge in [-0.15, -0.1) is 0 Å². The molecule has 4 heteroatoms. The average Bonchev–Trinajstić information content (AvgIpc) is 2.48. The lowest BCUT2D eigenvalue weighted by Gasteiger charge is -2.40. The molecule has 4 nitrogen and oxygen atoms in total. The zero-order valence-electron chi connectivity index (χ0n) is 16.6. The van der Waals surface area contributed by atoms with Crippen LogP contribution in [0.5, 0.6) is 0 Å². The van der Waals surface area contributed by atoms with E-state index in [0.717, 1.165) is 32.7 Å². The lowest BCUT2D eigenvalue weighted by atomic mass is 9.97. The molecule has 0 aliphatic carbocycles. The molecule has 0 saturated carbocycles. The summed E-state index contributed by atoms with van der Waals surface area (Å²) in [5, 5.41) is 0. The summed E-state index contributed by atoms with van der Waals surface area (Å²) >= 11 is 0. The maximum Gasteiger partial charge on any atom is 0.0263 e. The van der Waals surface area contributed by atoms with Crippen molar-refractivity contribution < 1.29 is 0 Å². The van der Waals surface area contributed by atoms with Crippen molar-refractivity contribution >= 4 is 0 Å². The highest BCUT2D eigenvalue weighted by molar-refractivity contribution is 4.85. The van der Waals surface area contributed by atoms with Crippen LogP contribution in [0.2, 0.25) is 0 Å². The Bertz CT molecular complexity index is 247. The fourth-order valence-electron chi connectivity index (χ4n) is 3.35. The molecule has 0 aliphatic rings. The standard InChI is InChI=1S/C18H42N4/c1-9-21(10-2)16-14-18(22(11-3)12-4)17(20(7)8)13-15-19(5)6/h17-18H,9-16H2,1-8H3. The number of nitrogens with zero attached hydrogens (tertiary/aromatic N) is 4. The maximum atomic E-state index is 2.66. The Balaban J connectivity index is 4.97. The lowest BCUT2D eigenvalue weighted by Crippen LogP contribution is -2.51. The van der Waals surface area contributed by atoms with Crippen molar-refractivity contribution in [2.24, 2.45) is 0 Å². The van der Waals surface area contributed by atoms with Crippen LogP contribution in [0.1, 0.15) is 40.5 Å². The number of likely N-dealkylation sites (N-methyl/N-ethyl adjacent to an activating group) is 2. The molecule has 0 N–H and O–H groups in total. The summed E-state index contributed by atoms with van der Waals surface area (Å²) in [5.41, 5.74) is 0. The van der Waals surface area contributed by atoms with E-state index >= 15 is 0 Å². The maximum absolute atomic E-state index is 2.66. The van der Waals surface area contributed by atoms with Gasteiger partial charge in [0.25, 0.3) is 0 Å². The van der Waals surface area contributed by atoms with Crippen molar-refractivity contribution in [2.45, 2.75) is 52.6 Å². The summed E-state index contributed by atoms with van der Waals surface area (Å²) < 4.78 is 0. The average molecular weight is 315 g/mol. The zero-order chi connectivity index (χ0) is 17.1. The first kappa shape index (κ1) is 21.8. The van der Waals surface area contributed by atoms with E-state index in [0.29, 0.717) is 12.1 Å². The minimum Gasteiger partial charge on any atom is -0.309 e. The summed E-state index contributed by atoms with van der Waals surface area (Å²) in [6.07, 6.45) is 2.50. The Hall–Kier alpha value is -0.160. The summed E-state index contributed by atoms with van der Waals surface area (Å²) in [6.45, 7) is 16.1. The Kier molecular flexibility index (Phi) is 12.2. The van der Waals surface area contributed by atoms with Crippen LogP contribution in [-0.4, -0.2) is 99.1 Å². The molecule has 0 rings (SSSR count). The SMILES string of the molecule is CCN(CC)CCC(C(CCN(C)C)N(C)C)N(CC)CC. The third kappa shape index (κ3) is 7.91. The number of hydrogen-bond donors (Lipinski definition) is 0. The largest absolute Gasteiger partial charge is 0.309 e. The van der Waals surface area contributed by atoms with Crippen LogP contribution in [0.3, 0.4) is 0 Å². The Labute approximate surface area is 140 Å². The van der Waals surface area contributed by atoms with Crippen LogP contribution >= 0.6 is 0 Å². The number of hydrogen-bond acceptors (Lipinski definition) is 4. The molecule has 0 heterocycles. The van der Waals surface area contributed by atoms with Crippen LogP contribution in [-0.2, 0) is 0 Å². The van der Waals surface area contributed by atoms with Crippen molar-refractivity contribution in [1.29, 1.82) is 0 Å². The van der Waals surface area contributed by atoms with Crippen LogP contribution in [0.25, 0.3) is 0 Å². The Morgan fingerprint density at radius 1 is 0.636 bits per heavy atom. The Morgan fingerprint density at radius 2 is 1.14 bits per heavy atom. The van der Waals surface area contributed by atoms with Crippen LogP contribution in [0.4, 0.5) is 0 Å². The van der Waals surface area contributed by atoms with Crippen molar-refractivity contribution in [3.63, 3.8) is 0 Å². The topological polar surface area (TPSA) is 13.0 Å². The van der Waals surface area contributed by atoms with Gasteiger partial charge in [0.2, 0.25) is 0 Å². The molecule has 0 bridgehead atoms. The summed E-state index contributed by atoms with van der Waals surface area (Å²) in [4.78, 5) is 9.95. The van der Waals surface area contributed by atoms with E-state index in [1.807, 2.05) is 0 Å². The van der Waals surface area contributed by atoms with Gasteiger partial charge < -0.3 is 14.7 Å². The summed E-state index contributed by atoms with van der Waals surface area (Å²) in [7, 11) is 8.84. The highest BCUT2D eigenvalue weighted by Crippen LogP contribution is 2.17. The molecule has 2 atom stereocenters. The normalized spacial score (nSPS) is 15.3. The summed E-state index contributed by atoms with van der Waals surface area (Å²) in [6, 6.07) is 1.27. The molecule has 0 aliphatic heterocycles. The van der Waals surface area contributed by atoms with Gasteiger partial charge in [-0.25, -0.2) is 0 Å². The smallest absolute Gasteiger partial charge is 0.0263 e. The van der Waals surface area contributed by atoms with E-state index in [1.54, 1.807) is 0 Å². The quantitative estimate of drug-likeness (QED) is 0.517. The van der Waals surface area contributed by atoms with Gasteiger partial charge in [0.05, 0.1) is 0 Å². The Morgan fingerprint density at radius 3 is 1.50 bits per heavy atom. The minimum absolute atomic E-state index is 0.623. The highest BCUT2D eigenvalue weighted by atomic mass is 15.2. The minimum atomic E-state index is 0.623. The zero-order valence-corrected chi connectivity index (χ0v) is 16.6. The van der Waals surface area contributed by atoms with Gasteiger partial charge in [-0.05, 0) is 80.3 Å². The third-order valence-electron chi connectivity index (χ3n) is 4.90. The fourth-order valence-corrected chi connectivity index (χ4v) is 3.35. The van der Waals surface area contributed by atoms with E-state index in [1.165, 1.54) is 19.4 Å². The molecule has 0 amide bonds. The highest BCUT2D eigenvalue weighted by Gasteiger charge is 2.27. The molecular formula is C18H42N4. The van der Waals surface area contributed by atoms with Crippen LogP contribution in [0.15, 0.2) is 0 Å². The van der Waals surface area contributed by atoms with E-state index in [9.17, 15) is 0 Å². The van der Waals surface area contributed by atoms with E-state index in [2.05, 4.69) is 75.5 Å². The molecule has 0 spiro atoms. The van der Waals surface area contributed by atoms with E-state index < -0.39 is 0 Å². The van der Waals surface area contributed by atoms with Gasteiger partial charge in [0.15, 0.2) is 0 Å². The fraction of sp³-hybridized carbons (Fsp3) is 1.00. The van der Waals surface area contributed by atoms with Crippen molar-refractivity contribution in [2.75, 3.05) is 67.5 Å². The molecular weight excluding hydrogens is 272 g/mol. The van der Waals surface area contributed by atoms with Gasteiger partial charge in [-0.3, -0.25) is 4.90 Å². The first-order valence-corrected chi connectivity index (χ1v) is 9.18. The third-order valence-corrected chi connectivity index (χ3v) is 4.90. The predicted octanol–water partition coefficient (Wildman–Crippen LogP) is 2.31. The van der Waals surface area contributed by atoms with Crippen LogP contribution < -0.4 is 0 Å². The van der Waals surface area contributed by atoms with Gasteiger partial charge in [0.1, 0.15) is 0 Å². The summed E-state index contributed by atoms with van der Waals surface area (Å²) in [5.74, 6) is 0. The molecule has 0 aromatic heterocycles. The second-order valence-corrected chi connectivity index (χ2v) is 6.73. The van der Waals surface area contributed by atoms with Gasteiger partial charge in [0, 0.05) is 12.1 Å². The van der Waals surface area contributed by atoms with Crippen LogP contribution in [0, 0.1) is 0 Å². The second-order valence-electron chi connectivity index (χ2n) is 6.73. The molecule has 0 saturated heterocycles. The molecule has 0 aromatic carbocycles. The molecule has 2 unspecified atom stereocenters. The molecule has 0 aromatic rings. The number of rotatable bonds is 13. The first-order valence-electron chi connectivity index (χ1n) is 9.18. The molecule has 0 fully saturated rings. The second kappa shape index (κ2) is 12.3.